The van der Waals surface area contributed by atoms with Gasteiger partial charge in [0.25, 0.3) is 0 Å². The summed E-state index contributed by atoms with van der Waals surface area (Å²) in [5.74, 6) is 2.73. The van der Waals surface area contributed by atoms with Gasteiger partial charge in [0.05, 0.1) is 12.4 Å². The Bertz CT molecular complexity index is 332. The fourth-order valence-electron chi connectivity index (χ4n) is 2.01. The first-order valence-corrected chi connectivity index (χ1v) is 6.10. The number of nitrogens with zero attached hydrogens (tertiary/aromatic N) is 3. The summed E-state index contributed by atoms with van der Waals surface area (Å²) in [7, 11) is 0. The van der Waals surface area contributed by atoms with Crippen LogP contribution in [0.1, 0.15) is 26.7 Å². The Balaban J connectivity index is 2.05. The lowest BCUT2D eigenvalue weighted by molar-refractivity contribution is 0.436. The van der Waals surface area contributed by atoms with Crippen molar-refractivity contribution < 1.29 is 0 Å². The van der Waals surface area contributed by atoms with Crippen LogP contribution in [0.15, 0.2) is 12.4 Å². The van der Waals surface area contributed by atoms with Crippen LogP contribution in [-0.4, -0.2) is 29.6 Å². The maximum Gasteiger partial charge on any atom is 0.149 e. The highest BCUT2D eigenvalue weighted by Crippen LogP contribution is 2.21. The number of hydrogen-bond acceptors (Lipinski definition) is 4. The smallest absolute Gasteiger partial charge is 0.149 e. The summed E-state index contributed by atoms with van der Waals surface area (Å²) in [6, 6.07) is 0. The van der Waals surface area contributed by atoms with E-state index < -0.39 is 0 Å². The van der Waals surface area contributed by atoms with Gasteiger partial charge in [-0.1, -0.05) is 6.92 Å². The maximum absolute atomic E-state index is 4.56. The van der Waals surface area contributed by atoms with Crippen molar-refractivity contribution in [3.8, 4) is 0 Å². The summed E-state index contributed by atoms with van der Waals surface area (Å²) in [4.78, 5) is 11.1. The van der Waals surface area contributed by atoms with E-state index in [0.29, 0.717) is 0 Å². The van der Waals surface area contributed by atoms with Gasteiger partial charge in [-0.05, 0) is 25.7 Å². The molecule has 1 aromatic heterocycles. The van der Waals surface area contributed by atoms with Crippen molar-refractivity contribution in [2.45, 2.75) is 26.7 Å². The Kier molecular flexibility index (Phi) is 3.59. The van der Waals surface area contributed by atoms with Crippen LogP contribution < -0.4 is 10.2 Å². The first-order chi connectivity index (χ1) is 7.79. The molecule has 2 heterocycles. The van der Waals surface area contributed by atoms with Gasteiger partial charge in [-0.25, -0.2) is 4.98 Å². The second kappa shape index (κ2) is 5.14. The van der Waals surface area contributed by atoms with E-state index >= 15 is 0 Å². The largest absolute Gasteiger partial charge is 0.369 e. The highest BCUT2D eigenvalue weighted by Gasteiger charge is 2.17. The summed E-state index contributed by atoms with van der Waals surface area (Å²) >= 11 is 0. The molecule has 88 valence electrons. The van der Waals surface area contributed by atoms with Gasteiger partial charge in [0, 0.05) is 19.6 Å². The van der Waals surface area contributed by atoms with Gasteiger partial charge < -0.3 is 10.2 Å². The molecule has 1 saturated heterocycles. The lowest BCUT2D eigenvalue weighted by Gasteiger charge is -2.31. The average Bonchev–Trinajstić information content (AvgIpc) is 2.31. The third-order valence-electron chi connectivity index (χ3n) is 3.09. The zero-order valence-electron chi connectivity index (χ0n) is 10.1. The van der Waals surface area contributed by atoms with E-state index in [-0.39, 0.29) is 0 Å². The molecule has 4 nitrogen and oxygen atoms in total. The van der Waals surface area contributed by atoms with Crippen LogP contribution in [0, 0.1) is 5.92 Å². The average molecular weight is 220 g/mol. The van der Waals surface area contributed by atoms with Crippen molar-refractivity contribution in [2.75, 3.05) is 29.9 Å². The summed E-state index contributed by atoms with van der Waals surface area (Å²) in [5, 5.41) is 3.20. The maximum atomic E-state index is 4.56. The molecule has 1 N–H and O–H groups in total. The minimum atomic E-state index is 0.848. The molecule has 0 radical (unpaired) electrons. The SMILES string of the molecule is CCNc1cncc(N2CCC(C)CC2)n1. The first kappa shape index (κ1) is 11.2. The normalized spacial score (nSPS) is 17.5. The number of piperidine rings is 1. The van der Waals surface area contributed by atoms with E-state index in [0.717, 1.165) is 37.2 Å². The third-order valence-corrected chi connectivity index (χ3v) is 3.09. The fraction of sp³-hybridized carbons (Fsp3) is 0.667. The standard InChI is InChI=1S/C12H20N4/c1-3-14-11-8-13-9-12(15-11)16-6-4-10(2)5-7-16/h8-10H,3-7H2,1-2H3,(H,14,15). The molecule has 0 saturated carbocycles. The van der Waals surface area contributed by atoms with Gasteiger partial charge in [0.15, 0.2) is 0 Å². The van der Waals surface area contributed by atoms with Crippen molar-refractivity contribution in [2.24, 2.45) is 5.92 Å². The first-order valence-electron chi connectivity index (χ1n) is 6.10. The van der Waals surface area contributed by atoms with Crippen LogP contribution in [0.25, 0.3) is 0 Å². The summed E-state index contributed by atoms with van der Waals surface area (Å²) in [6.45, 7) is 7.47. The summed E-state index contributed by atoms with van der Waals surface area (Å²) in [6.07, 6.45) is 6.15. The van der Waals surface area contributed by atoms with E-state index in [2.05, 4.69) is 34.0 Å². The molecule has 1 aromatic rings. The predicted molar refractivity (Wildman–Crippen MR) is 66.8 cm³/mol. The molecule has 0 aliphatic carbocycles. The number of nitrogens with one attached hydrogen (secondary N) is 1. The van der Waals surface area contributed by atoms with E-state index in [9.17, 15) is 0 Å². The second-order valence-corrected chi connectivity index (χ2v) is 4.46. The molecule has 1 aliphatic rings. The monoisotopic (exact) mass is 220 g/mol. The van der Waals surface area contributed by atoms with E-state index in [4.69, 9.17) is 0 Å². The lowest BCUT2D eigenvalue weighted by atomic mass is 9.99. The molecule has 4 heteroatoms. The van der Waals surface area contributed by atoms with Crippen LogP contribution in [0.5, 0.6) is 0 Å². The highest BCUT2D eigenvalue weighted by atomic mass is 15.2. The van der Waals surface area contributed by atoms with Crippen molar-refractivity contribution in [1.29, 1.82) is 0 Å². The van der Waals surface area contributed by atoms with Gasteiger partial charge in [-0.2, -0.15) is 0 Å². The Hall–Kier alpha value is -1.32. The van der Waals surface area contributed by atoms with Crippen LogP contribution in [-0.2, 0) is 0 Å². The molecule has 0 atom stereocenters. The van der Waals surface area contributed by atoms with Crippen molar-refractivity contribution in [1.82, 2.24) is 9.97 Å². The van der Waals surface area contributed by atoms with Crippen LogP contribution >= 0.6 is 0 Å². The zero-order valence-corrected chi connectivity index (χ0v) is 10.1. The molecule has 2 rings (SSSR count). The predicted octanol–water partition coefficient (Wildman–Crippen LogP) is 2.14. The summed E-state index contributed by atoms with van der Waals surface area (Å²) < 4.78 is 0. The fourth-order valence-corrected chi connectivity index (χ4v) is 2.01. The number of aromatic nitrogens is 2. The number of anilines is 2. The van der Waals surface area contributed by atoms with Gasteiger partial charge in [-0.15, -0.1) is 0 Å². The Morgan fingerprint density at radius 3 is 2.81 bits per heavy atom. The minimum absolute atomic E-state index is 0.848. The van der Waals surface area contributed by atoms with Crippen LogP contribution in [0.3, 0.4) is 0 Å². The van der Waals surface area contributed by atoms with Gasteiger partial charge >= 0.3 is 0 Å². The molecule has 0 aromatic carbocycles. The molecular weight excluding hydrogens is 200 g/mol. The van der Waals surface area contributed by atoms with Crippen LogP contribution in [0.4, 0.5) is 11.6 Å². The van der Waals surface area contributed by atoms with Crippen molar-refractivity contribution in [3.63, 3.8) is 0 Å². The summed E-state index contributed by atoms with van der Waals surface area (Å²) in [5.41, 5.74) is 0. The van der Waals surface area contributed by atoms with E-state index in [1.807, 2.05) is 6.20 Å². The van der Waals surface area contributed by atoms with Crippen molar-refractivity contribution in [3.05, 3.63) is 12.4 Å². The Morgan fingerprint density at radius 2 is 2.12 bits per heavy atom. The molecule has 1 fully saturated rings. The quantitative estimate of drug-likeness (QED) is 0.847. The molecule has 1 aliphatic heterocycles. The lowest BCUT2D eigenvalue weighted by Crippen LogP contribution is -2.33. The second-order valence-electron chi connectivity index (χ2n) is 4.46. The molecule has 0 unspecified atom stereocenters. The van der Waals surface area contributed by atoms with Gasteiger partial charge in [-0.3, -0.25) is 4.98 Å². The molecule has 0 bridgehead atoms. The van der Waals surface area contributed by atoms with Crippen LogP contribution in [0.2, 0.25) is 0 Å². The third kappa shape index (κ3) is 2.62. The van der Waals surface area contributed by atoms with Gasteiger partial charge in [0.2, 0.25) is 0 Å². The van der Waals surface area contributed by atoms with Crippen molar-refractivity contribution >= 4 is 11.6 Å². The van der Waals surface area contributed by atoms with E-state index in [1.54, 1.807) is 6.20 Å². The highest BCUT2D eigenvalue weighted by molar-refractivity contribution is 5.43. The number of hydrogen-bond donors (Lipinski definition) is 1. The number of rotatable bonds is 3. The topological polar surface area (TPSA) is 41.1 Å². The molecule has 16 heavy (non-hydrogen) atoms. The Labute approximate surface area is 97.1 Å². The molecule has 0 spiro atoms. The molecular formula is C12H20N4. The zero-order chi connectivity index (χ0) is 11.4. The minimum Gasteiger partial charge on any atom is -0.369 e. The van der Waals surface area contributed by atoms with Gasteiger partial charge in [0.1, 0.15) is 11.6 Å². The van der Waals surface area contributed by atoms with E-state index in [1.165, 1.54) is 12.8 Å². The Morgan fingerprint density at radius 1 is 1.38 bits per heavy atom. The molecule has 0 amide bonds.